The molecule has 0 bridgehead atoms. The number of morpholine rings is 6. The molecule has 6 aliphatic heterocycles. The number of phenolic OH excluding ortho intramolecular Hbond substituents is 8. The average molecular weight is 1570 g/mol. The Morgan fingerprint density at radius 1 is 0.295 bits per heavy atom. The third kappa shape index (κ3) is 36.1. The monoisotopic (exact) mass is 1570 g/mol. The Morgan fingerprint density at radius 2 is 0.491 bits per heavy atom. The standard InChI is InChI=1S/2C22H28N2O5.C14H14O3.C12H10O3.2C4H9NO.C2H4O2.4CH4.2H2O.H2/c2*25-21-3-1-19(13-17(21)15-23-5-9-27-10-6-23)29-20-2-4-22(26)18(14-20)16-24-7-11-28-12-8-24;1-9-7-11(3-5-13(9)15)17-12-4-6-14(16)10(2)8-12;13-9-1-5-11(6-2-9)15-12-7-3-10(14)4-8-12;2*1-3-6-4-2-5-1;3-1-2-4;;;;;;;/h2*1-4,13-14,25-26H,5-12,15-16H2;3-8,15-16H,1-2H3;1-8,13-14H;2*5H,1-4H2;1-4H;4*1H4;2*1H2;1H/b;;;;;;2-1+;;;;;;;. The summed E-state index contributed by atoms with van der Waals surface area (Å²) in [5.41, 5.74) is 4.85. The number of hydrogen-bond acceptors (Lipinski definition) is 26. The van der Waals surface area contributed by atoms with E-state index < -0.39 is 0 Å². The fraction of sp³-hybridized carbons (Fsp3) is 0.405. The highest BCUT2D eigenvalue weighted by Gasteiger charge is 2.19. The van der Waals surface area contributed by atoms with Gasteiger partial charge in [0.05, 0.1) is 79.3 Å². The van der Waals surface area contributed by atoms with Crippen LogP contribution in [0.3, 0.4) is 0 Å². The molecule has 28 heteroatoms. The number of nitrogens with one attached hydrogen (secondary N) is 2. The van der Waals surface area contributed by atoms with Crippen LogP contribution in [0.2, 0.25) is 0 Å². The molecule has 6 fully saturated rings. The second-order valence-electron chi connectivity index (χ2n) is 25.0. The van der Waals surface area contributed by atoms with Crippen LogP contribution in [0.1, 0.15) is 64.5 Å². The minimum Gasteiger partial charge on any atom is -0.512 e. The van der Waals surface area contributed by atoms with E-state index in [1.54, 1.807) is 133 Å². The lowest BCUT2D eigenvalue weighted by molar-refractivity contribution is 0.0338. The van der Waals surface area contributed by atoms with Crippen molar-refractivity contribution in [2.45, 2.75) is 69.7 Å². The summed E-state index contributed by atoms with van der Waals surface area (Å²) >= 11 is 0. The van der Waals surface area contributed by atoms with Gasteiger partial charge in [-0.2, -0.15) is 0 Å². The lowest BCUT2D eigenvalue weighted by Crippen LogP contribution is -2.35. The SMILES string of the molecule is C.C.C.C.C1COCCN1.C1COCCN1.Cc1cc(Oc2ccc(O)c(C)c2)ccc1O.O.O.O/C=C/O.Oc1ccc(Oc2ccc(O)c(CN3CCOCC3)c2)cc1CN1CCOCC1.Oc1ccc(Oc2ccc(O)c(CN3CCOCC3)c2)cc1CN1CCOCC1.Oc1ccc(Oc2ccc(O)cc2)cc1.[HH]. The van der Waals surface area contributed by atoms with Gasteiger partial charge in [0, 0.05) is 128 Å². The maximum Gasteiger partial charge on any atom is 0.128 e. The van der Waals surface area contributed by atoms with E-state index in [4.69, 9.17) is 67.8 Å². The Hall–Kier alpha value is -9.86. The zero-order chi connectivity index (χ0) is 75.1. The van der Waals surface area contributed by atoms with Crippen molar-refractivity contribution in [3.05, 3.63) is 204 Å². The van der Waals surface area contributed by atoms with Gasteiger partial charge in [0.15, 0.2) is 0 Å². The molecule has 112 heavy (non-hydrogen) atoms. The molecule has 6 heterocycles. The van der Waals surface area contributed by atoms with Crippen LogP contribution in [0.25, 0.3) is 0 Å². The van der Waals surface area contributed by atoms with E-state index in [2.05, 4.69) is 30.2 Å². The molecule has 28 nitrogen and oxygen atoms in total. The number of aryl methyl sites for hydroxylation is 2. The molecule has 0 aromatic heterocycles. The summed E-state index contributed by atoms with van der Waals surface area (Å²) < 4.78 is 54.7. The van der Waals surface area contributed by atoms with Gasteiger partial charge in [0.1, 0.15) is 105 Å². The predicted molar refractivity (Wildman–Crippen MR) is 437 cm³/mol. The van der Waals surface area contributed by atoms with Crippen LogP contribution in [0.4, 0.5) is 0 Å². The van der Waals surface area contributed by atoms with Crippen molar-refractivity contribution >= 4 is 0 Å². The molecule has 0 saturated carbocycles. The van der Waals surface area contributed by atoms with E-state index in [-0.39, 0.29) is 88.1 Å². The van der Waals surface area contributed by atoms with E-state index in [1.165, 1.54) is 0 Å². The second-order valence-corrected chi connectivity index (χ2v) is 25.0. The topological polar surface area (TPSA) is 395 Å². The molecule has 0 atom stereocenters. The first-order valence-corrected chi connectivity index (χ1v) is 35.4. The first-order valence-electron chi connectivity index (χ1n) is 35.4. The normalized spacial score (nSPS) is 15.4. The highest BCUT2D eigenvalue weighted by atomic mass is 16.5. The largest absolute Gasteiger partial charge is 0.512 e. The number of aliphatic hydroxyl groups excluding tert-OH is 2. The summed E-state index contributed by atoms with van der Waals surface area (Å²) in [5.74, 6) is 7.20. The van der Waals surface area contributed by atoms with E-state index in [1.807, 2.05) is 38.1 Å². The maximum atomic E-state index is 10.2. The maximum absolute atomic E-state index is 10.2. The summed E-state index contributed by atoms with van der Waals surface area (Å²) in [5, 5.41) is 99.1. The quantitative estimate of drug-likeness (QED) is 0.0400. The molecule has 0 spiro atoms. The van der Waals surface area contributed by atoms with Crippen LogP contribution in [0.15, 0.2) is 170 Å². The van der Waals surface area contributed by atoms with Gasteiger partial charge in [-0.25, -0.2) is 0 Å². The van der Waals surface area contributed by atoms with Crippen LogP contribution in [-0.2, 0) is 54.6 Å². The second kappa shape index (κ2) is 54.7. The number of benzene rings is 8. The molecule has 0 radical (unpaired) electrons. The van der Waals surface area contributed by atoms with Crippen molar-refractivity contribution in [2.75, 3.05) is 158 Å². The first kappa shape index (κ1) is 98.2. The number of aromatic hydroxyl groups is 8. The third-order valence-electron chi connectivity index (χ3n) is 16.9. The summed E-state index contributed by atoms with van der Waals surface area (Å²) in [6.45, 7) is 26.5. The number of ether oxygens (including phenoxy) is 10. The zero-order valence-corrected chi connectivity index (χ0v) is 61.3. The van der Waals surface area contributed by atoms with Gasteiger partial charge >= 0.3 is 0 Å². The molecule has 622 valence electrons. The Kier molecular flexibility index (Phi) is 48.0. The van der Waals surface area contributed by atoms with E-state index in [0.29, 0.717) is 84.7 Å². The number of nitrogens with zero attached hydrogens (tertiary/aromatic N) is 4. The smallest absolute Gasteiger partial charge is 0.128 e. The van der Waals surface area contributed by atoms with E-state index in [9.17, 15) is 30.6 Å². The number of hydrogen-bond donors (Lipinski definition) is 12. The fourth-order valence-corrected chi connectivity index (χ4v) is 11.0. The van der Waals surface area contributed by atoms with Gasteiger partial charge in [-0.3, -0.25) is 19.6 Å². The van der Waals surface area contributed by atoms with Gasteiger partial charge in [-0.15, -0.1) is 0 Å². The predicted octanol–water partition coefficient (Wildman–Crippen LogP) is 12.4. The van der Waals surface area contributed by atoms with Crippen molar-refractivity contribution in [1.29, 1.82) is 0 Å². The van der Waals surface area contributed by atoms with Crippen molar-refractivity contribution in [2.24, 2.45) is 0 Å². The zero-order valence-electron chi connectivity index (χ0n) is 61.3. The lowest BCUT2D eigenvalue weighted by atomic mass is 10.1. The Balaban J connectivity index is 0.000000708. The minimum absolute atomic E-state index is 0. The molecule has 16 N–H and O–H groups in total. The summed E-state index contributed by atoms with van der Waals surface area (Å²) in [7, 11) is 0. The highest BCUT2D eigenvalue weighted by molar-refractivity contribution is 5.48. The number of rotatable bonds is 16. The molecule has 0 aliphatic carbocycles. The van der Waals surface area contributed by atoms with Gasteiger partial charge in [-0.1, -0.05) is 29.7 Å². The molecule has 0 amide bonds. The van der Waals surface area contributed by atoms with Gasteiger partial charge in [-0.05, 0) is 183 Å². The molecule has 6 saturated heterocycles. The molecular weight excluding hydrogens is 1440 g/mol. The van der Waals surface area contributed by atoms with Crippen LogP contribution in [-0.4, -0.2) is 239 Å². The number of phenols is 8. The van der Waals surface area contributed by atoms with E-state index >= 15 is 0 Å². The third-order valence-corrected chi connectivity index (χ3v) is 16.9. The Bertz CT molecular complexity index is 3470. The minimum atomic E-state index is 0. The fourth-order valence-electron chi connectivity index (χ4n) is 11.0. The summed E-state index contributed by atoms with van der Waals surface area (Å²) in [4.78, 5) is 9.01. The first-order chi connectivity index (χ1) is 51.5. The van der Waals surface area contributed by atoms with Gasteiger partial charge in [0.2, 0.25) is 0 Å². The van der Waals surface area contributed by atoms with E-state index in [0.717, 1.165) is 191 Å². The molecule has 0 unspecified atom stereocenters. The number of aliphatic hydroxyl groups is 2. The van der Waals surface area contributed by atoms with Crippen molar-refractivity contribution in [1.82, 2.24) is 30.2 Å². The Labute approximate surface area is 661 Å². The van der Waals surface area contributed by atoms with Crippen LogP contribution in [0.5, 0.6) is 92.0 Å². The molecule has 6 aliphatic rings. The lowest BCUT2D eigenvalue weighted by Gasteiger charge is -2.27. The summed E-state index contributed by atoms with van der Waals surface area (Å²) in [6, 6.07) is 44.2. The highest BCUT2D eigenvalue weighted by Crippen LogP contribution is 2.35. The Morgan fingerprint density at radius 3 is 0.688 bits per heavy atom. The molecule has 8 aromatic carbocycles. The van der Waals surface area contributed by atoms with Crippen LogP contribution in [0, 0.1) is 13.8 Å². The molecular formula is C84H124N6O22. The molecule has 8 aromatic rings. The van der Waals surface area contributed by atoms with Gasteiger partial charge < -0.3 is 120 Å². The molecule has 14 rings (SSSR count). The van der Waals surface area contributed by atoms with Gasteiger partial charge in [0.25, 0.3) is 0 Å². The van der Waals surface area contributed by atoms with Crippen molar-refractivity contribution < 1.29 is 111 Å². The van der Waals surface area contributed by atoms with Crippen molar-refractivity contribution in [3.8, 4) is 92.0 Å². The van der Waals surface area contributed by atoms with Crippen molar-refractivity contribution in [3.63, 3.8) is 0 Å². The summed E-state index contributed by atoms with van der Waals surface area (Å²) in [6.07, 6.45) is 1.11. The van der Waals surface area contributed by atoms with Crippen LogP contribution >= 0.6 is 0 Å². The average Bonchev–Trinajstić information content (AvgIpc) is 0.840. The van der Waals surface area contributed by atoms with Crippen LogP contribution < -0.4 is 29.6 Å².